The molecule has 0 bridgehead atoms. The number of nitriles is 1. The summed E-state index contributed by atoms with van der Waals surface area (Å²) < 4.78 is 18.7. The summed E-state index contributed by atoms with van der Waals surface area (Å²) >= 11 is 1.27. The number of ether oxygens (including phenoxy) is 1. The van der Waals surface area contributed by atoms with Gasteiger partial charge in [0.05, 0.1) is 18.7 Å². The largest absolute Gasteiger partial charge is 0.450 e. The minimum Gasteiger partial charge on any atom is -0.450 e. The minimum absolute atomic E-state index is 0.297. The van der Waals surface area contributed by atoms with Crippen molar-refractivity contribution in [3.05, 3.63) is 57.7 Å². The van der Waals surface area contributed by atoms with E-state index in [0.29, 0.717) is 42.2 Å². The molecule has 0 unspecified atom stereocenters. The standard InChI is InChI=1S/C20H18FN3O3S/c1-2-27-20(26)24-10-9-14-15(11-22)19(28-17(14)12-24)23-18(25)8-7-13-5-3-4-6-16(13)21/h3-8H,2,9-10,12H2,1H3,(H,23,25). The number of nitrogens with one attached hydrogen (secondary N) is 1. The Hall–Kier alpha value is -3.18. The van der Waals surface area contributed by atoms with E-state index in [2.05, 4.69) is 11.4 Å². The Morgan fingerprint density at radius 1 is 1.43 bits per heavy atom. The van der Waals surface area contributed by atoms with Crippen LogP contribution in [0.5, 0.6) is 0 Å². The number of amides is 2. The molecule has 2 amide bonds. The van der Waals surface area contributed by atoms with E-state index in [1.54, 1.807) is 30.0 Å². The molecule has 144 valence electrons. The highest BCUT2D eigenvalue weighted by Gasteiger charge is 2.27. The van der Waals surface area contributed by atoms with Gasteiger partial charge >= 0.3 is 6.09 Å². The van der Waals surface area contributed by atoms with Gasteiger partial charge in [0.25, 0.3) is 0 Å². The van der Waals surface area contributed by atoms with E-state index in [-0.39, 0.29) is 0 Å². The van der Waals surface area contributed by atoms with Gasteiger partial charge in [-0.1, -0.05) is 18.2 Å². The van der Waals surface area contributed by atoms with Crippen LogP contribution in [0.25, 0.3) is 6.08 Å². The summed E-state index contributed by atoms with van der Waals surface area (Å²) in [6.07, 6.45) is 2.74. The van der Waals surface area contributed by atoms with Gasteiger partial charge in [0.15, 0.2) is 0 Å². The fourth-order valence-corrected chi connectivity index (χ4v) is 4.13. The lowest BCUT2D eigenvalue weighted by molar-refractivity contribution is -0.111. The van der Waals surface area contributed by atoms with Gasteiger partial charge in [-0.05, 0) is 31.1 Å². The van der Waals surface area contributed by atoms with Crippen molar-refractivity contribution in [3.63, 3.8) is 0 Å². The summed E-state index contributed by atoms with van der Waals surface area (Å²) in [5, 5.41) is 12.6. The van der Waals surface area contributed by atoms with Crippen LogP contribution in [-0.4, -0.2) is 30.1 Å². The number of carbonyl (C=O) groups excluding carboxylic acids is 2. The van der Waals surface area contributed by atoms with Gasteiger partial charge < -0.3 is 15.0 Å². The van der Waals surface area contributed by atoms with E-state index in [0.717, 1.165) is 10.4 Å². The van der Waals surface area contributed by atoms with Crippen molar-refractivity contribution in [3.8, 4) is 6.07 Å². The third-order valence-corrected chi connectivity index (χ3v) is 5.38. The van der Waals surface area contributed by atoms with Gasteiger partial charge in [0.1, 0.15) is 16.9 Å². The number of carbonyl (C=O) groups is 2. The molecule has 0 saturated heterocycles. The van der Waals surface area contributed by atoms with Crippen LogP contribution in [0.2, 0.25) is 0 Å². The first-order chi connectivity index (χ1) is 13.5. The Morgan fingerprint density at radius 2 is 2.21 bits per heavy atom. The van der Waals surface area contributed by atoms with Gasteiger partial charge in [-0.15, -0.1) is 11.3 Å². The van der Waals surface area contributed by atoms with Crippen molar-refractivity contribution in [1.82, 2.24) is 4.90 Å². The number of halogens is 1. The Labute approximate surface area is 165 Å². The van der Waals surface area contributed by atoms with Gasteiger partial charge in [-0.2, -0.15) is 5.26 Å². The first kappa shape index (κ1) is 19.6. The Morgan fingerprint density at radius 3 is 2.93 bits per heavy atom. The van der Waals surface area contributed by atoms with E-state index >= 15 is 0 Å². The number of rotatable bonds is 4. The van der Waals surface area contributed by atoms with Crippen molar-refractivity contribution in [2.45, 2.75) is 19.9 Å². The predicted molar refractivity (Wildman–Crippen MR) is 104 cm³/mol. The molecule has 28 heavy (non-hydrogen) atoms. The number of hydrogen-bond donors (Lipinski definition) is 1. The van der Waals surface area contributed by atoms with Crippen molar-refractivity contribution < 1.29 is 18.7 Å². The van der Waals surface area contributed by atoms with E-state index in [1.165, 1.54) is 29.6 Å². The number of thiophene rings is 1. The molecule has 1 aromatic heterocycles. The molecule has 1 N–H and O–H groups in total. The molecule has 1 aromatic carbocycles. The van der Waals surface area contributed by atoms with Gasteiger partial charge in [0, 0.05) is 23.1 Å². The van der Waals surface area contributed by atoms with Crippen molar-refractivity contribution in [2.75, 3.05) is 18.5 Å². The van der Waals surface area contributed by atoms with Crippen molar-refractivity contribution in [2.24, 2.45) is 0 Å². The monoisotopic (exact) mass is 399 g/mol. The topological polar surface area (TPSA) is 82.4 Å². The molecular weight excluding hydrogens is 381 g/mol. The molecule has 2 heterocycles. The molecule has 0 fully saturated rings. The second-order valence-corrected chi connectivity index (χ2v) is 7.14. The maximum Gasteiger partial charge on any atom is 0.410 e. The third kappa shape index (κ3) is 4.21. The maximum absolute atomic E-state index is 13.6. The molecule has 6 nitrogen and oxygen atoms in total. The molecule has 2 aromatic rings. The highest BCUT2D eigenvalue weighted by atomic mass is 32.1. The summed E-state index contributed by atoms with van der Waals surface area (Å²) in [5.74, 6) is -0.879. The normalized spacial score (nSPS) is 13.1. The fourth-order valence-electron chi connectivity index (χ4n) is 2.91. The molecule has 0 atom stereocenters. The average Bonchev–Trinajstić information content (AvgIpc) is 3.03. The maximum atomic E-state index is 13.6. The van der Waals surface area contributed by atoms with Crippen LogP contribution in [0.4, 0.5) is 14.2 Å². The zero-order valence-corrected chi connectivity index (χ0v) is 16.0. The Kier molecular flexibility index (Phi) is 6.06. The zero-order valence-electron chi connectivity index (χ0n) is 15.2. The lowest BCUT2D eigenvalue weighted by Gasteiger charge is -2.25. The smallest absolute Gasteiger partial charge is 0.410 e. The molecule has 1 aliphatic rings. The highest BCUT2D eigenvalue weighted by Crippen LogP contribution is 2.36. The number of nitrogens with zero attached hydrogens (tertiary/aromatic N) is 2. The second kappa shape index (κ2) is 8.67. The summed E-state index contributed by atoms with van der Waals surface area (Å²) in [7, 11) is 0. The fraction of sp³-hybridized carbons (Fsp3) is 0.250. The van der Waals surface area contributed by atoms with Crippen LogP contribution in [0.15, 0.2) is 30.3 Å². The number of benzene rings is 1. The van der Waals surface area contributed by atoms with Crippen LogP contribution >= 0.6 is 11.3 Å². The number of hydrogen-bond acceptors (Lipinski definition) is 5. The lowest BCUT2D eigenvalue weighted by atomic mass is 10.0. The zero-order chi connectivity index (χ0) is 20.1. The van der Waals surface area contributed by atoms with Crippen LogP contribution in [0.1, 0.15) is 28.5 Å². The molecule has 1 aliphatic heterocycles. The van der Waals surface area contributed by atoms with Crippen LogP contribution in [0, 0.1) is 17.1 Å². The van der Waals surface area contributed by atoms with Crippen LogP contribution in [0.3, 0.4) is 0 Å². The minimum atomic E-state index is -0.458. The summed E-state index contributed by atoms with van der Waals surface area (Å²) in [5.41, 5.74) is 1.56. The third-order valence-electron chi connectivity index (χ3n) is 4.25. The molecule has 0 aliphatic carbocycles. The second-order valence-electron chi connectivity index (χ2n) is 6.03. The summed E-state index contributed by atoms with van der Waals surface area (Å²) in [4.78, 5) is 26.6. The highest BCUT2D eigenvalue weighted by molar-refractivity contribution is 7.16. The van der Waals surface area contributed by atoms with Gasteiger partial charge in [0.2, 0.25) is 5.91 Å². The average molecular weight is 399 g/mol. The van der Waals surface area contributed by atoms with Crippen molar-refractivity contribution in [1.29, 1.82) is 5.26 Å². The Balaban J connectivity index is 1.75. The Bertz CT molecular complexity index is 978. The van der Waals surface area contributed by atoms with E-state index in [1.807, 2.05) is 0 Å². The van der Waals surface area contributed by atoms with Crippen LogP contribution < -0.4 is 5.32 Å². The SMILES string of the molecule is CCOC(=O)N1CCc2c(sc(NC(=O)C=Cc3ccccc3F)c2C#N)C1. The predicted octanol–water partition coefficient (Wildman–Crippen LogP) is 3.93. The molecule has 0 spiro atoms. The number of fused-ring (bicyclic) bond motifs is 1. The molecule has 3 rings (SSSR count). The van der Waals surface area contributed by atoms with E-state index in [9.17, 15) is 19.2 Å². The van der Waals surface area contributed by atoms with E-state index < -0.39 is 17.8 Å². The van der Waals surface area contributed by atoms with Gasteiger partial charge in [-0.25, -0.2) is 9.18 Å². The summed E-state index contributed by atoms with van der Waals surface area (Å²) in [6, 6.07) is 8.26. The first-order valence-corrected chi connectivity index (χ1v) is 9.55. The molecule has 0 saturated carbocycles. The first-order valence-electron chi connectivity index (χ1n) is 8.73. The quantitative estimate of drug-likeness (QED) is 0.790. The lowest BCUT2D eigenvalue weighted by Crippen LogP contribution is -2.35. The van der Waals surface area contributed by atoms with E-state index in [4.69, 9.17) is 4.74 Å². The molecule has 8 heteroatoms. The molecule has 0 radical (unpaired) electrons. The van der Waals surface area contributed by atoms with Crippen molar-refractivity contribution >= 4 is 34.4 Å². The van der Waals surface area contributed by atoms with Gasteiger partial charge in [-0.3, -0.25) is 4.79 Å². The summed E-state index contributed by atoms with van der Waals surface area (Å²) in [6.45, 7) is 2.84. The number of anilines is 1. The molecular formula is C20H18FN3O3S. The van der Waals surface area contributed by atoms with Crippen LogP contribution in [-0.2, 0) is 22.5 Å².